The number of methoxy groups -OCH3 is 2. The van der Waals surface area contributed by atoms with Gasteiger partial charge < -0.3 is 14.8 Å². The highest BCUT2D eigenvalue weighted by Crippen LogP contribution is 2.27. The van der Waals surface area contributed by atoms with Gasteiger partial charge in [-0.1, -0.05) is 35.3 Å². The summed E-state index contributed by atoms with van der Waals surface area (Å²) in [6.07, 6.45) is 0.197. The summed E-state index contributed by atoms with van der Waals surface area (Å²) in [6, 6.07) is 10.4. The summed E-state index contributed by atoms with van der Waals surface area (Å²) in [7, 11) is 3.14. The zero-order valence-corrected chi connectivity index (χ0v) is 15.2. The van der Waals surface area contributed by atoms with Crippen LogP contribution in [0.5, 0.6) is 11.5 Å². The third-order valence-corrected chi connectivity index (χ3v) is 4.21. The molecule has 0 aromatic heterocycles. The lowest BCUT2D eigenvalue weighted by molar-refractivity contribution is -0.121. The summed E-state index contributed by atoms with van der Waals surface area (Å²) in [5.74, 6) is 1.16. The van der Waals surface area contributed by atoms with Crippen molar-refractivity contribution in [3.63, 3.8) is 0 Å². The highest BCUT2D eigenvalue weighted by molar-refractivity contribution is 6.35. The van der Waals surface area contributed by atoms with Crippen molar-refractivity contribution >= 4 is 29.1 Å². The number of nitrogens with one attached hydrogen (secondary N) is 1. The van der Waals surface area contributed by atoms with E-state index in [2.05, 4.69) is 5.32 Å². The molecule has 128 valence electrons. The van der Waals surface area contributed by atoms with Crippen LogP contribution < -0.4 is 14.8 Å². The first-order valence-electron chi connectivity index (χ1n) is 7.39. The van der Waals surface area contributed by atoms with Crippen LogP contribution in [0.4, 0.5) is 0 Å². The largest absolute Gasteiger partial charge is 0.497 e. The minimum atomic E-state index is -0.230. The quantitative estimate of drug-likeness (QED) is 0.821. The molecule has 0 bridgehead atoms. The smallest absolute Gasteiger partial charge is 0.225 e. The first kappa shape index (κ1) is 18.4. The minimum Gasteiger partial charge on any atom is -0.497 e. The predicted octanol–water partition coefficient (Wildman–Crippen LogP) is 4.43. The van der Waals surface area contributed by atoms with Crippen LogP contribution in [0, 0.1) is 0 Å². The average Bonchev–Trinajstić information content (AvgIpc) is 2.54. The third-order valence-electron chi connectivity index (χ3n) is 3.65. The van der Waals surface area contributed by atoms with Gasteiger partial charge in [0.2, 0.25) is 5.91 Å². The Hall–Kier alpha value is -1.91. The number of ether oxygens (including phenoxy) is 2. The van der Waals surface area contributed by atoms with E-state index in [0.29, 0.717) is 21.5 Å². The number of amides is 1. The fourth-order valence-electron chi connectivity index (χ4n) is 2.39. The van der Waals surface area contributed by atoms with Gasteiger partial charge in [0, 0.05) is 21.7 Å². The molecule has 0 fully saturated rings. The molecule has 0 radical (unpaired) electrons. The van der Waals surface area contributed by atoms with Crippen molar-refractivity contribution in [1.82, 2.24) is 5.32 Å². The Morgan fingerprint density at radius 1 is 1.12 bits per heavy atom. The van der Waals surface area contributed by atoms with Crippen LogP contribution >= 0.6 is 23.2 Å². The molecule has 0 heterocycles. The van der Waals surface area contributed by atoms with E-state index >= 15 is 0 Å². The van der Waals surface area contributed by atoms with Gasteiger partial charge in [0.1, 0.15) is 11.5 Å². The van der Waals surface area contributed by atoms with E-state index in [0.717, 1.165) is 11.1 Å². The molecule has 24 heavy (non-hydrogen) atoms. The highest BCUT2D eigenvalue weighted by atomic mass is 35.5. The van der Waals surface area contributed by atoms with Crippen LogP contribution in [-0.2, 0) is 11.2 Å². The predicted molar refractivity (Wildman–Crippen MR) is 96.3 cm³/mol. The van der Waals surface area contributed by atoms with Gasteiger partial charge >= 0.3 is 0 Å². The number of carbonyl (C=O) groups excluding carboxylic acids is 1. The second-order valence-electron chi connectivity index (χ2n) is 5.31. The van der Waals surface area contributed by atoms with Crippen LogP contribution in [0.2, 0.25) is 10.0 Å². The van der Waals surface area contributed by atoms with Gasteiger partial charge in [0.25, 0.3) is 0 Å². The van der Waals surface area contributed by atoms with E-state index in [9.17, 15) is 4.79 Å². The van der Waals surface area contributed by atoms with Crippen molar-refractivity contribution in [3.05, 3.63) is 57.6 Å². The van der Waals surface area contributed by atoms with Gasteiger partial charge in [-0.15, -0.1) is 0 Å². The van der Waals surface area contributed by atoms with Crippen LogP contribution in [0.1, 0.15) is 24.1 Å². The van der Waals surface area contributed by atoms with Gasteiger partial charge in [0.05, 0.1) is 26.7 Å². The van der Waals surface area contributed by atoms with Crippen LogP contribution in [0.3, 0.4) is 0 Å². The molecule has 6 heteroatoms. The molecule has 0 aliphatic heterocycles. The average molecular weight is 368 g/mol. The Morgan fingerprint density at radius 3 is 2.50 bits per heavy atom. The minimum absolute atomic E-state index is 0.128. The maximum Gasteiger partial charge on any atom is 0.225 e. The molecule has 4 nitrogen and oxygen atoms in total. The summed E-state index contributed by atoms with van der Waals surface area (Å²) in [6.45, 7) is 1.87. The Kier molecular flexibility index (Phi) is 6.35. The molecule has 0 spiro atoms. The molecule has 0 saturated heterocycles. The van der Waals surface area contributed by atoms with E-state index in [1.807, 2.05) is 19.1 Å². The Morgan fingerprint density at radius 2 is 1.88 bits per heavy atom. The number of halogens is 2. The standard InChI is InChI=1S/C18H19Cl2NO3/c1-11(15-7-5-13(19)9-16(15)20)21-18(22)8-12-4-6-14(23-2)10-17(12)24-3/h4-7,9-11H,8H2,1-3H3,(H,21,22). The monoisotopic (exact) mass is 367 g/mol. The van der Waals surface area contributed by atoms with Crippen LogP contribution in [0.15, 0.2) is 36.4 Å². The van der Waals surface area contributed by atoms with Gasteiger partial charge in [0.15, 0.2) is 0 Å². The van der Waals surface area contributed by atoms with Crippen LogP contribution in [-0.4, -0.2) is 20.1 Å². The lowest BCUT2D eigenvalue weighted by Gasteiger charge is -2.17. The van der Waals surface area contributed by atoms with E-state index in [1.165, 1.54) is 0 Å². The highest BCUT2D eigenvalue weighted by Gasteiger charge is 2.15. The first-order chi connectivity index (χ1) is 11.4. The number of hydrogen-bond donors (Lipinski definition) is 1. The summed E-state index contributed by atoms with van der Waals surface area (Å²) in [4.78, 5) is 12.3. The zero-order chi connectivity index (χ0) is 17.7. The third kappa shape index (κ3) is 4.56. The number of carbonyl (C=O) groups is 1. The summed E-state index contributed by atoms with van der Waals surface area (Å²) in [5, 5.41) is 4.02. The van der Waals surface area contributed by atoms with Gasteiger partial charge in [-0.3, -0.25) is 4.79 Å². The molecule has 2 aromatic carbocycles. The van der Waals surface area contributed by atoms with E-state index in [4.69, 9.17) is 32.7 Å². The first-order valence-corrected chi connectivity index (χ1v) is 8.15. The molecule has 0 aliphatic rings. The molecule has 2 aromatic rings. The molecule has 0 saturated carbocycles. The summed E-state index contributed by atoms with van der Waals surface area (Å²) < 4.78 is 10.5. The van der Waals surface area contributed by atoms with Crippen molar-refractivity contribution in [2.75, 3.05) is 14.2 Å². The second kappa shape index (κ2) is 8.27. The maximum absolute atomic E-state index is 12.3. The normalized spacial score (nSPS) is 11.7. The van der Waals surface area contributed by atoms with Gasteiger partial charge in [-0.25, -0.2) is 0 Å². The topological polar surface area (TPSA) is 47.6 Å². The second-order valence-corrected chi connectivity index (χ2v) is 6.15. The number of benzene rings is 2. The molecule has 0 aliphatic carbocycles. The zero-order valence-electron chi connectivity index (χ0n) is 13.7. The van der Waals surface area contributed by atoms with Crippen molar-refractivity contribution in [2.45, 2.75) is 19.4 Å². The van der Waals surface area contributed by atoms with Gasteiger partial charge in [-0.05, 0) is 30.7 Å². The van der Waals surface area contributed by atoms with E-state index in [1.54, 1.807) is 38.5 Å². The summed E-state index contributed by atoms with van der Waals surface area (Å²) >= 11 is 12.1. The van der Waals surface area contributed by atoms with Crippen LogP contribution in [0.25, 0.3) is 0 Å². The Balaban J connectivity index is 2.07. The molecule has 2 rings (SSSR count). The number of hydrogen-bond acceptors (Lipinski definition) is 3. The fourth-order valence-corrected chi connectivity index (χ4v) is 2.97. The maximum atomic E-state index is 12.3. The molecule has 1 amide bonds. The van der Waals surface area contributed by atoms with Crippen molar-refractivity contribution in [2.24, 2.45) is 0 Å². The lowest BCUT2D eigenvalue weighted by Crippen LogP contribution is -2.28. The molecule has 1 N–H and O–H groups in total. The molecule has 1 atom stereocenters. The van der Waals surface area contributed by atoms with Gasteiger partial charge in [-0.2, -0.15) is 0 Å². The number of rotatable bonds is 6. The molecular formula is C18H19Cl2NO3. The van der Waals surface area contributed by atoms with Crippen molar-refractivity contribution < 1.29 is 14.3 Å². The Bertz CT molecular complexity index is 734. The lowest BCUT2D eigenvalue weighted by atomic mass is 10.1. The molecule has 1 unspecified atom stereocenters. The van der Waals surface area contributed by atoms with Crippen molar-refractivity contribution in [1.29, 1.82) is 0 Å². The SMILES string of the molecule is COc1ccc(CC(=O)NC(C)c2ccc(Cl)cc2Cl)c(OC)c1. The molecular weight excluding hydrogens is 349 g/mol. The fraction of sp³-hybridized carbons (Fsp3) is 0.278. The van der Waals surface area contributed by atoms with Crippen molar-refractivity contribution in [3.8, 4) is 11.5 Å². The van der Waals surface area contributed by atoms with E-state index in [-0.39, 0.29) is 18.4 Å². The Labute approximate surface area is 151 Å². The summed E-state index contributed by atoms with van der Waals surface area (Å²) in [5.41, 5.74) is 1.60. The van der Waals surface area contributed by atoms with E-state index < -0.39 is 0 Å².